The number of hydrogen-bond acceptors (Lipinski definition) is 4. The molecule has 0 aliphatic rings. The summed E-state index contributed by atoms with van der Waals surface area (Å²) in [6.07, 6.45) is 2.37. The van der Waals surface area contributed by atoms with Crippen LogP contribution in [0.15, 0.2) is 24.3 Å². The van der Waals surface area contributed by atoms with Crippen molar-refractivity contribution in [3.8, 4) is 5.75 Å². The highest BCUT2D eigenvalue weighted by atomic mass is 16.6. The molecule has 5 nitrogen and oxygen atoms in total. The van der Waals surface area contributed by atoms with Crippen LogP contribution in [0, 0.1) is 16.0 Å². The van der Waals surface area contributed by atoms with Crippen molar-refractivity contribution >= 4 is 5.69 Å². The Hall–Kier alpha value is -1.62. The van der Waals surface area contributed by atoms with Crippen molar-refractivity contribution in [3.05, 3.63) is 34.4 Å². The smallest absolute Gasteiger partial charge is 0.269 e. The van der Waals surface area contributed by atoms with Gasteiger partial charge < -0.3 is 10.1 Å². The Labute approximate surface area is 114 Å². The van der Waals surface area contributed by atoms with Gasteiger partial charge in [0.25, 0.3) is 5.69 Å². The highest BCUT2D eigenvalue weighted by Crippen LogP contribution is 2.16. The first-order chi connectivity index (χ1) is 9.17. The monoisotopic (exact) mass is 266 g/mol. The first-order valence-corrected chi connectivity index (χ1v) is 6.75. The van der Waals surface area contributed by atoms with Crippen molar-refractivity contribution in [2.75, 3.05) is 19.7 Å². The Morgan fingerprint density at radius 3 is 2.42 bits per heavy atom. The molecule has 0 heterocycles. The molecule has 0 fully saturated rings. The Kier molecular flexibility index (Phi) is 6.89. The van der Waals surface area contributed by atoms with Gasteiger partial charge in [-0.25, -0.2) is 0 Å². The molecule has 0 atom stereocenters. The van der Waals surface area contributed by atoms with Crippen molar-refractivity contribution in [2.45, 2.75) is 26.7 Å². The SMILES string of the molecule is CCC(CC)CNCCOc1ccc([N+](=O)[O-])cc1. The van der Waals surface area contributed by atoms with E-state index in [0.29, 0.717) is 12.4 Å². The minimum Gasteiger partial charge on any atom is -0.492 e. The second kappa shape index (κ2) is 8.48. The summed E-state index contributed by atoms with van der Waals surface area (Å²) in [7, 11) is 0. The number of hydrogen-bond donors (Lipinski definition) is 1. The number of nitro benzene ring substituents is 1. The summed E-state index contributed by atoms with van der Waals surface area (Å²) in [5.74, 6) is 1.38. The molecule has 0 aromatic heterocycles. The minimum atomic E-state index is -0.416. The Morgan fingerprint density at radius 1 is 1.26 bits per heavy atom. The molecule has 0 amide bonds. The van der Waals surface area contributed by atoms with Gasteiger partial charge in [-0.15, -0.1) is 0 Å². The summed E-state index contributed by atoms with van der Waals surface area (Å²) in [6, 6.07) is 6.15. The maximum Gasteiger partial charge on any atom is 0.269 e. The molecule has 1 N–H and O–H groups in total. The second-order valence-electron chi connectivity index (χ2n) is 4.49. The minimum absolute atomic E-state index is 0.0826. The van der Waals surface area contributed by atoms with E-state index in [9.17, 15) is 10.1 Å². The summed E-state index contributed by atoms with van der Waals surface area (Å²) in [6.45, 7) is 6.76. The fraction of sp³-hybridized carbons (Fsp3) is 0.571. The van der Waals surface area contributed by atoms with Crippen LogP contribution < -0.4 is 10.1 Å². The molecular weight excluding hydrogens is 244 g/mol. The van der Waals surface area contributed by atoms with Crippen LogP contribution in [0.3, 0.4) is 0 Å². The van der Waals surface area contributed by atoms with Crippen LogP contribution in [-0.4, -0.2) is 24.6 Å². The summed E-state index contributed by atoms with van der Waals surface area (Å²) < 4.78 is 5.50. The van der Waals surface area contributed by atoms with Gasteiger partial charge in [-0.3, -0.25) is 10.1 Å². The molecular formula is C14H22N2O3. The lowest BCUT2D eigenvalue weighted by Gasteiger charge is -2.13. The number of nitrogens with zero attached hydrogens (tertiary/aromatic N) is 1. The molecule has 0 saturated heterocycles. The van der Waals surface area contributed by atoms with E-state index in [0.717, 1.165) is 19.0 Å². The third-order valence-electron chi connectivity index (χ3n) is 3.18. The van der Waals surface area contributed by atoms with E-state index in [4.69, 9.17) is 4.74 Å². The van der Waals surface area contributed by atoms with Crippen molar-refractivity contribution in [3.63, 3.8) is 0 Å². The van der Waals surface area contributed by atoms with Gasteiger partial charge in [0.05, 0.1) is 4.92 Å². The van der Waals surface area contributed by atoms with E-state index in [1.165, 1.54) is 25.0 Å². The Bertz CT molecular complexity index is 375. The lowest BCUT2D eigenvalue weighted by atomic mass is 10.0. The van der Waals surface area contributed by atoms with Crippen molar-refractivity contribution < 1.29 is 9.66 Å². The molecule has 0 unspecified atom stereocenters. The number of ether oxygens (including phenoxy) is 1. The predicted octanol–water partition coefficient (Wildman–Crippen LogP) is 3.00. The van der Waals surface area contributed by atoms with Gasteiger partial charge in [0.1, 0.15) is 12.4 Å². The van der Waals surface area contributed by atoms with Crippen LogP contribution in [0.5, 0.6) is 5.75 Å². The van der Waals surface area contributed by atoms with Gasteiger partial charge in [0.2, 0.25) is 0 Å². The molecule has 0 saturated carbocycles. The largest absolute Gasteiger partial charge is 0.492 e. The molecule has 0 bridgehead atoms. The molecule has 1 aromatic rings. The van der Waals surface area contributed by atoms with Crippen molar-refractivity contribution in [1.82, 2.24) is 5.32 Å². The summed E-state index contributed by atoms with van der Waals surface area (Å²) in [5, 5.41) is 13.8. The lowest BCUT2D eigenvalue weighted by Crippen LogP contribution is -2.26. The van der Waals surface area contributed by atoms with Crippen LogP contribution in [0.2, 0.25) is 0 Å². The maximum atomic E-state index is 10.5. The van der Waals surface area contributed by atoms with Gasteiger partial charge in [-0.2, -0.15) is 0 Å². The standard InChI is InChI=1S/C14H22N2O3/c1-3-12(4-2)11-15-9-10-19-14-7-5-13(6-8-14)16(17)18/h5-8,12,15H,3-4,9-11H2,1-2H3. The molecule has 0 radical (unpaired) electrons. The zero-order valence-corrected chi connectivity index (χ0v) is 11.6. The van der Waals surface area contributed by atoms with E-state index in [-0.39, 0.29) is 5.69 Å². The molecule has 0 aliphatic heterocycles. The highest BCUT2D eigenvalue weighted by molar-refractivity contribution is 5.35. The topological polar surface area (TPSA) is 64.4 Å². The normalized spacial score (nSPS) is 10.7. The van der Waals surface area contributed by atoms with Crippen LogP contribution in [0.4, 0.5) is 5.69 Å². The number of nitrogens with one attached hydrogen (secondary N) is 1. The molecule has 5 heteroatoms. The Balaban J connectivity index is 2.20. The van der Waals surface area contributed by atoms with Gasteiger partial charge in [-0.1, -0.05) is 26.7 Å². The lowest BCUT2D eigenvalue weighted by molar-refractivity contribution is -0.384. The third kappa shape index (κ3) is 5.70. The van der Waals surface area contributed by atoms with Crippen LogP contribution in [-0.2, 0) is 0 Å². The van der Waals surface area contributed by atoms with Crippen LogP contribution >= 0.6 is 0 Å². The first kappa shape index (κ1) is 15.4. The summed E-state index contributed by atoms with van der Waals surface area (Å²) in [5.41, 5.74) is 0.0826. The number of benzene rings is 1. The van der Waals surface area contributed by atoms with E-state index >= 15 is 0 Å². The number of non-ortho nitro benzene ring substituents is 1. The molecule has 0 aliphatic carbocycles. The van der Waals surface area contributed by atoms with Gasteiger partial charge in [0, 0.05) is 18.7 Å². The van der Waals surface area contributed by atoms with Gasteiger partial charge in [0.15, 0.2) is 0 Å². The molecule has 19 heavy (non-hydrogen) atoms. The molecule has 0 spiro atoms. The third-order valence-corrected chi connectivity index (χ3v) is 3.18. The van der Waals surface area contributed by atoms with E-state index in [2.05, 4.69) is 19.2 Å². The highest BCUT2D eigenvalue weighted by Gasteiger charge is 2.04. The zero-order valence-electron chi connectivity index (χ0n) is 11.6. The second-order valence-corrected chi connectivity index (χ2v) is 4.49. The maximum absolute atomic E-state index is 10.5. The van der Waals surface area contributed by atoms with E-state index < -0.39 is 4.92 Å². The first-order valence-electron chi connectivity index (χ1n) is 6.75. The van der Waals surface area contributed by atoms with Crippen LogP contribution in [0.25, 0.3) is 0 Å². The molecule has 106 valence electrons. The Morgan fingerprint density at radius 2 is 1.89 bits per heavy atom. The van der Waals surface area contributed by atoms with Crippen molar-refractivity contribution in [2.24, 2.45) is 5.92 Å². The van der Waals surface area contributed by atoms with Gasteiger partial charge >= 0.3 is 0 Å². The average molecular weight is 266 g/mol. The van der Waals surface area contributed by atoms with Crippen molar-refractivity contribution in [1.29, 1.82) is 0 Å². The number of nitro groups is 1. The molecule has 1 rings (SSSR count). The number of rotatable bonds is 9. The van der Waals surface area contributed by atoms with Gasteiger partial charge in [-0.05, 0) is 24.6 Å². The summed E-state index contributed by atoms with van der Waals surface area (Å²) in [4.78, 5) is 10.1. The quantitative estimate of drug-likeness (QED) is 0.424. The van der Waals surface area contributed by atoms with E-state index in [1.807, 2.05) is 0 Å². The van der Waals surface area contributed by atoms with Crippen LogP contribution in [0.1, 0.15) is 26.7 Å². The van der Waals surface area contributed by atoms with E-state index in [1.54, 1.807) is 12.1 Å². The predicted molar refractivity (Wildman–Crippen MR) is 75.5 cm³/mol. The summed E-state index contributed by atoms with van der Waals surface area (Å²) >= 11 is 0. The zero-order chi connectivity index (χ0) is 14.1. The molecule has 1 aromatic carbocycles. The fourth-order valence-corrected chi connectivity index (χ4v) is 1.79. The fourth-order valence-electron chi connectivity index (χ4n) is 1.79. The average Bonchev–Trinajstić information content (AvgIpc) is 2.43.